The Bertz CT molecular complexity index is 511. The number of amides is 1. The first kappa shape index (κ1) is 18.7. The summed E-state index contributed by atoms with van der Waals surface area (Å²) in [6.07, 6.45) is 0.392. The van der Waals surface area contributed by atoms with Crippen LogP contribution in [0.2, 0.25) is 0 Å². The Labute approximate surface area is 142 Å². The minimum Gasteiger partial charge on any atom is -0.434 e. The summed E-state index contributed by atoms with van der Waals surface area (Å²) in [5.41, 5.74) is -0.272. The van der Waals surface area contributed by atoms with E-state index < -0.39 is 11.7 Å². The van der Waals surface area contributed by atoms with Crippen molar-refractivity contribution >= 4 is 12.1 Å². The zero-order valence-electron chi connectivity index (χ0n) is 14.8. The summed E-state index contributed by atoms with van der Waals surface area (Å²) in [6, 6.07) is 0. The minimum atomic E-state index is -0.786. The maximum absolute atomic E-state index is 12.7. The van der Waals surface area contributed by atoms with E-state index in [9.17, 15) is 9.59 Å². The monoisotopic (exact) mass is 342 g/mol. The molecule has 8 nitrogen and oxygen atoms in total. The number of piperidine rings is 1. The van der Waals surface area contributed by atoms with E-state index in [1.807, 2.05) is 12.0 Å². The third-order valence-electron chi connectivity index (χ3n) is 4.53. The van der Waals surface area contributed by atoms with Crippen LogP contribution in [0.1, 0.15) is 33.6 Å². The van der Waals surface area contributed by atoms with E-state index in [0.717, 1.165) is 0 Å². The molecule has 1 spiro atoms. The molecule has 0 bridgehead atoms. The molecule has 0 aromatic rings. The smallest absolute Gasteiger partial charge is 0.434 e. The van der Waals surface area contributed by atoms with Crippen molar-refractivity contribution in [2.24, 2.45) is 0 Å². The predicted octanol–water partition coefficient (Wildman–Crippen LogP) is 1.67. The number of rotatable bonds is 6. The molecule has 2 rings (SSSR count). The lowest BCUT2D eigenvalue weighted by Crippen LogP contribution is -2.56. The minimum absolute atomic E-state index is 0.162. The van der Waals surface area contributed by atoms with E-state index >= 15 is 0 Å². The van der Waals surface area contributed by atoms with Gasteiger partial charge in [0.25, 0.3) is 5.91 Å². The van der Waals surface area contributed by atoms with E-state index in [1.54, 1.807) is 25.9 Å². The van der Waals surface area contributed by atoms with Gasteiger partial charge in [-0.15, -0.1) is 0 Å². The first-order valence-corrected chi connectivity index (χ1v) is 8.24. The van der Waals surface area contributed by atoms with Gasteiger partial charge in [-0.05, 0) is 33.6 Å². The number of nitrogens with zero attached hydrogens (tertiary/aromatic N) is 2. The normalized spacial score (nSPS) is 20.8. The lowest BCUT2D eigenvalue weighted by atomic mass is 9.86. The summed E-state index contributed by atoms with van der Waals surface area (Å²) in [4.78, 5) is 31.5. The van der Waals surface area contributed by atoms with E-state index in [2.05, 4.69) is 0 Å². The lowest BCUT2D eigenvalue weighted by molar-refractivity contribution is -0.170. The van der Waals surface area contributed by atoms with Gasteiger partial charge >= 0.3 is 6.16 Å². The molecule has 2 heterocycles. The molecule has 0 aliphatic carbocycles. The molecule has 1 fully saturated rings. The molecular formula is C16H26N2O6. The Hall–Kier alpha value is -1.64. The van der Waals surface area contributed by atoms with Gasteiger partial charge in [-0.3, -0.25) is 4.79 Å². The Morgan fingerprint density at radius 3 is 2.42 bits per heavy atom. The fourth-order valence-electron chi connectivity index (χ4n) is 3.27. The maximum Gasteiger partial charge on any atom is 0.513 e. The van der Waals surface area contributed by atoms with Gasteiger partial charge in [-0.2, -0.15) is 5.06 Å². The first-order valence-electron chi connectivity index (χ1n) is 8.24. The van der Waals surface area contributed by atoms with Crippen LogP contribution in [0.15, 0.2) is 11.3 Å². The number of hydrogen-bond acceptors (Lipinski definition) is 7. The standard InChI is InChI=1S/C16H26N2O6/c1-5-22-11-18-14(19)12(3)13(24-15(20)23-6-2)16(18)7-9-17(21-4)10-8-16/h5-11H2,1-4H3. The van der Waals surface area contributed by atoms with Crippen molar-refractivity contribution in [3.63, 3.8) is 0 Å². The van der Waals surface area contributed by atoms with Crippen LogP contribution >= 0.6 is 0 Å². The van der Waals surface area contributed by atoms with E-state index in [-0.39, 0.29) is 19.2 Å². The molecule has 1 amide bonds. The molecule has 2 aliphatic heterocycles. The molecule has 0 N–H and O–H groups in total. The molecular weight excluding hydrogens is 316 g/mol. The highest BCUT2D eigenvalue weighted by Crippen LogP contribution is 2.43. The third-order valence-corrected chi connectivity index (χ3v) is 4.53. The van der Waals surface area contributed by atoms with Crippen molar-refractivity contribution in [3.05, 3.63) is 11.3 Å². The topological polar surface area (TPSA) is 77.5 Å². The van der Waals surface area contributed by atoms with Crippen LogP contribution < -0.4 is 0 Å². The maximum atomic E-state index is 12.7. The highest BCUT2D eigenvalue weighted by molar-refractivity contribution is 5.98. The van der Waals surface area contributed by atoms with Crippen molar-refractivity contribution in [1.29, 1.82) is 0 Å². The highest BCUT2D eigenvalue weighted by atomic mass is 16.7. The Kier molecular flexibility index (Phi) is 6.20. The van der Waals surface area contributed by atoms with E-state index in [1.165, 1.54) is 0 Å². The highest BCUT2D eigenvalue weighted by Gasteiger charge is 2.54. The largest absolute Gasteiger partial charge is 0.513 e. The van der Waals surface area contributed by atoms with Crippen LogP contribution in [0.4, 0.5) is 4.79 Å². The molecule has 0 aromatic carbocycles. The second-order valence-electron chi connectivity index (χ2n) is 5.74. The first-order chi connectivity index (χ1) is 11.5. The molecule has 0 radical (unpaired) electrons. The van der Waals surface area contributed by atoms with E-state index in [0.29, 0.717) is 43.9 Å². The SMILES string of the molecule is CCOCN1C(=O)C(C)=C(OC(=O)OCC)C12CCN(OC)CC2. The molecule has 0 saturated carbocycles. The van der Waals surface area contributed by atoms with Crippen LogP contribution in [0, 0.1) is 0 Å². The summed E-state index contributed by atoms with van der Waals surface area (Å²) in [7, 11) is 1.62. The van der Waals surface area contributed by atoms with Gasteiger partial charge in [0.1, 0.15) is 18.0 Å². The number of ether oxygens (including phenoxy) is 3. The van der Waals surface area contributed by atoms with Crippen molar-refractivity contribution in [2.45, 2.75) is 39.2 Å². The van der Waals surface area contributed by atoms with Crippen molar-refractivity contribution in [2.75, 3.05) is 40.1 Å². The summed E-state index contributed by atoms with van der Waals surface area (Å²) < 4.78 is 15.8. The fourth-order valence-corrected chi connectivity index (χ4v) is 3.27. The Morgan fingerprint density at radius 2 is 1.88 bits per heavy atom. The molecule has 0 aromatic heterocycles. The second kappa shape index (κ2) is 7.96. The zero-order valence-corrected chi connectivity index (χ0v) is 14.8. The van der Waals surface area contributed by atoms with Crippen LogP contribution in [0.25, 0.3) is 0 Å². The van der Waals surface area contributed by atoms with Gasteiger partial charge in [0, 0.05) is 19.7 Å². The van der Waals surface area contributed by atoms with Crippen molar-refractivity contribution in [3.8, 4) is 0 Å². The average molecular weight is 342 g/mol. The fraction of sp³-hybridized carbons (Fsp3) is 0.750. The van der Waals surface area contributed by atoms with Crippen molar-refractivity contribution < 1.29 is 28.6 Å². The van der Waals surface area contributed by atoms with Gasteiger partial charge in [-0.25, -0.2) is 4.79 Å². The molecule has 8 heteroatoms. The van der Waals surface area contributed by atoms with E-state index in [4.69, 9.17) is 19.0 Å². The second-order valence-corrected chi connectivity index (χ2v) is 5.74. The molecule has 2 aliphatic rings. The molecule has 136 valence electrons. The predicted molar refractivity (Wildman–Crippen MR) is 84.7 cm³/mol. The summed E-state index contributed by atoms with van der Waals surface area (Å²) in [5.74, 6) is 0.204. The van der Waals surface area contributed by atoms with Gasteiger partial charge in [0.05, 0.1) is 19.3 Å². The van der Waals surface area contributed by atoms with Crippen LogP contribution in [-0.2, 0) is 23.8 Å². The molecule has 0 unspecified atom stereocenters. The third kappa shape index (κ3) is 3.40. The number of hydrogen-bond donors (Lipinski definition) is 0. The molecule has 24 heavy (non-hydrogen) atoms. The van der Waals surface area contributed by atoms with Crippen molar-refractivity contribution in [1.82, 2.24) is 9.96 Å². The Balaban J connectivity index is 2.30. The van der Waals surface area contributed by atoms with Gasteiger partial charge < -0.3 is 23.9 Å². The number of carbonyl (C=O) groups excluding carboxylic acids is 2. The zero-order chi connectivity index (χ0) is 17.7. The summed E-state index contributed by atoms with van der Waals surface area (Å²) in [6.45, 7) is 7.37. The van der Waals surface area contributed by atoms with Crippen LogP contribution in [0.3, 0.4) is 0 Å². The van der Waals surface area contributed by atoms with Gasteiger partial charge in [0.2, 0.25) is 0 Å². The van der Waals surface area contributed by atoms with Crippen LogP contribution in [0.5, 0.6) is 0 Å². The molecule has 1 saturated heterocycles. The van der Waals surface area contributed by atoms with Gasteiger partial charge in [-0.1, -0.05) is 0 Å². The number of carbonyl (C=O) groups is 2. The summed E-state index contributed by atoms with van der Waals surface area (Å²) in [5, 5.41) is 1.82. The Morgan fingerprint density at radius 1 is 1.21 bits per heavy atom. The molecule has 0 atom stereocenters. The van der Waals surface area contributed by atoms with Gasteiger partial charge in [0.15, 0.2) is 0 Å². The number of hydroxylamine groups is 2. The van der Waals surface area contributed by atoms with Crippen LogP contribution in [-0.4, -0.2) is 67.7 Å². The lowest BCUT2D eigenvalue weighted by Gasteiger charge is -2.44. The quantitative estimate of drug-likeness (QED) is 0.679. The summed E-state index contributed by atoms with van der Waals surface area (Å²) >= 11 is 0. The average Bonchev–Trinajstić information content (AvgIpc) is 2.76.